The Morgan fingerprint density at radius 3 is 2.52 bits per heavy atom. The standard InChI is InChI=1S/C23H20N4O2S2/c1-15-6-10-19(11-7-15)24-23-26(21(14-31-23)22-5-4-12-30-22)25-17(3)18-9-8-16(2)20(13-18)27(28)29/h4-14H,1-3H3. The lowest BCUT2D eigenvalue weighted by Crippen LogP contribution is -2.13. The zero-order chi connectivity index (χ0) is 22.0. The van der Waals surface area contributed by atoms with Gasteiger partial charge in [-0.25, -0.2) is 9.67 Å². The minimum atomic E-state index is -0.362. The lowest BCUT2D eigenvalue weighted by atomic mass is 10.1. The van der Waals surface area contributed by atoms with Gasteiger partial charge in [-0.15, -0.1) is 22.7 Å². The van der Waals surface area contributed by atoms with Gasteiger partial charge in [0.25, 0.3) is 5.69 Å². The van der Waals surface area contributed by atoms with Crippen LogP contribution in [-0.2, 0) is 0 Å². The Bertz CT molecular complexity index is 1330. The molecule has 2 aromatic heterocycles. The minimum Gasteiger partial charge on any atom is -0.258 e. The van der Waals surface area contributed by atoms with Crippen molar-refractivity contribution < 1.29 is 4.92 Å². The van der Waals surface area contributed by atoms with Crippen molar-refractivity contribution in [1.82, 2.24) is 4.68 Å². The topological polar surface area (TPSA) is 72.8 Å². The maximum atomic E-state index is 11.4. The molecule has 0 saturated heterocycles. The number of nitrogens with zero attached hydrogens (tertiary/aromatic N) is 4. The Balaban J connectivity index is 1.86. The maximum absolute atomic E-state index is 11.4. The van der Waals surface area contributed by atoms with Crippen LogP contribution in [0.4, 0.5) is 11.4 Å². The van der Waals surface area contributed by atoms with E-state index in [1.165, 1.54) is 16.9 Å². The summed E-state index contributed by atoms with van der Waals surface area (Å²) in [6.45, 7) is 5.63. The summed E-state index contributed by atoms with van der Waals surface area (Å²) in [5.41, 5.74) is 5.04. The minimum absolute atomic E-state index is 0.0883. The van der Waals surface area contributed by atoms with Crippen molar-refractivity contribution in [3.05, 3.63) is 97.0 Å². The lowest BCUT2D eigenvalue weighted by Gasteiger charge is -2.06. The highest BCUT2D eigenvalue weighted by Gasteiger charge is 2.14. The van der Waals surface area contributed by atoms with Crippen molar-refractivity contribution >= 4 is 39.8 Å². The van der Waals surface area contributed by atoms with Gasteiger partial charge >= 0.3 is 0 Å². The molecule has 4 aromatic rings. The number of hydrogen-bond donors (Lipinski definition) is 0. The zero-order valence-corrected chi connectivity index (χ0v) is 18.9. The van der Waals surface area contributed by atoms with Crippen molar-refractivity contribution in [2.75, 3.05) is 0 Å². The molecule has 0 aliphatic heterocycles. The van der Waals surface area contributed by atoms with E-state index in [2.05, 4.69) is 0 Å². The fourth-order valence-corrected chi connectivity index (χ4v) is 4.68. The fraction of sp³-hybridized carbons (Fsp3) is 0.130. The van der Waals surface area contributed by atoms with Gasteiger partial charge in [-0.2, -0.15) is 5.10 Å². The molecule has 156 valence electrons. The molecule has 0 amide bonds. The van der Waals surface area contributed by atoms with Crippen LogP contribution in [0.1, 0.15) is 23.6 Å². The number of rotatable bonds is 5. The molecule has 0 N–H and O–H groups in total. The van der Waals surface area contributed by atoms with E-state index in [9.17, 15) is 10.1 Å². The monoisotopic (exact) mass is 448 g/mol. The Labute approximate surface area is 187 Å². The smallest absolute Gasteiger partial charge is 0.258 e. The number of nitro groups is 1. The van der Waals surface area contributed by atoms with E-state index in [4.69, 9.17) is 10.1 Å². The number of hydrogen-bond acceptors (Lipinski definition) is 6. The first kappa shape index (κ1) is 20.9. The predicted octanol–water partition coefficient (Wildman–Crippen LogP) is 6.31. The molecule has 0 aliphatic carbocycles. The summed E-state index contributed by atoms with van der Waals surface area (Å²) >= 11 is 3.14. The fourth-order valence-electron chi connectivity index (χ4n) is 3.04. The summed E-state index contributed by atoms with van der Waals surface area (Å²) in [5.74, 6) is 0. The molecule has 0 saturated carbocycles. The third-order valence-electron chi connectivity index (χ3n) is 4.79. The largest absolute Gasteiger partial charge is 0.272 e. The second kappa shape index (κ2) is 8.79. The molecule has 0 atom stereocenters. The summed E-state index contributed by atoms with van der Waals surface area (Å²) in [4.78, 5) is 17.6. The van der Waals surface area contributed by atoms with Crippen molar-refractivity contribution in [2.45, 2.75) is 20.8 Å². The molecule has 0 spiro atoms. The van der Waals surface area contributed by atoms with Gasteiger partial charge in [0, 0.05) is 22.6 Å². The third-order valence-corrected chi connectivity index (χ3v) is 6.50. The van der Waals surface area contributed by atoms with Crippen LogP contribution in [0, 0.1) is 24.0 Å². The second-order valence-electron chi connectivity index (χ2n) is 7.08. The van der Waals surface area contributed by atoms with Crippen LogP contribution in [0.2, 0.25) is 0 Å². The van der Waals surface area contributed by atoms with Gasteiger partial charge in [0.2, 0.25) is 4.80 Å². The molecule has 0 unspecified atom stereocenters. The first-order valence-corrected chi connectivity index (χ1v) is 11.3. The van der Waals surface area contributed by atoms with Crippen LogP contribution in [0.25, 0.3) is 10.6 Å². The van der Waals surface area contributed by atoms with Gasteiger partial charge in [-0.3, -0.25) is 10.1 Å². The molecule has 0 radical (unpaired) electrons. The summed E-state index contributed by atoms with van der Waals surface area (Å²) in [6, 6.07) is 17.2. The van der Waals surface area contributed by atoms with E-state index in [0.29, 0.717) is 16.8 Å². The lowest BCUT2D eigenvalue weighted by molar-refractivity contribution is -0.385. The number of benzene rings is 2. The average molecular weight is 449 g/mol. The van der Waals surface area contributed by atoms with Gasteiger partial charge in [-0.05, 0) is 44.4 Å². The normalized spacial score (nSPS) is 12.4. The summed E-state index contributed by atoms with van der Waals surface area (Å²) < 4.78 is 1.82. The molecule has 6 nitrogen and oxygen atoms in total. The van der Waals surface area contributed by atoms with Gasteiger partial charge in [0.15, 0.2) is 0 Å². The van der Waals surface area contributed by atoms with E-state index in [1.54, 1.807) is 30.4 Å². The molecule has 0 bridgehead atoms. The molecule has 2 aromatic carbocycles. The number of aromatic nitrogens is 1. The molecule has 0 fully saturated rings. The molecule has 0 aliphatic rings. The predicted molar refractivity (Wildman–Crippen MR) is 127 cm³/mol. The van der Waals surface area contributed by atoms with E-state index in [-0.39, 0.29) is 10.6 Å². The summed E-state index contributed by atoms with van der Waals surface area (Å²) in [7, 11) is 0. The summed E-state index contributed by atoms with van der Waals surface area (Å²) in [6.07, 6.45) is 0. The van der Waals surface area contributed by atoms with Crippen LogP contribution in [0.15, 0.2) is 75.5 Å². The van der Waals surface area contributed by atoms with E-state index in [1.807, 2.05) is 71.7 Å². The zero-order valence-electron chi connectivity index (χ0n) is 17.3. The first-order chi connectivity index (χ1) is 14.9. The second-order valence-corrected chi connectivity index (χ2v) is 8.87. The quantitative estimate of drug-likeness (QED) is 0.204. The Morgan fingerprint density at radius 2 is 1.84 bits per heavy atom. The van der Waals surface area contributed by atoms with Crippen LogP contribution < -0.4 is 4.80 Å². The van der Waals surface area contributed by atoms with Gasteiger partial charge in [-0.1, -0.05) is 35.9 Å². The van der Waals surface area contributed by atoms with Crippen molar-refractivity contribution in [2.24, 2.45) is 10.1 Å². The van der Waals surface area contributed by atoms with Crippen molar-refractivity contribution in [3.63, 3.8) is 0 Å². The van der Waals surface area contributed by atoms with E-state index in [0.717, 1.165) is 21.1 Å². The molecule has 2 heterocycles. The summed E-state index contributed by atoms with van der Waals surface area (Å²) in [5, 5.41) is 20.2. The highest BCUT2D eigenvalue weighted by Crippen LogP contribution is 2.26. The number of aryl methyl sites for hydroxylation is 2. The first-order valence-electron chi connectivity index (χ1n) is 9.59. The van der Waals surface area contributed by atoms with Gasteiger partial charge < -0.3 is 0 Å². The molecule has 4 rings (SSSR count). The number of nitro benzene ring substituents is 1. The molecule has 31 heavy (non-hydrogen) atoms. The maximum Gasteiger partial charge on any atom is 0.272 e. The average Bonchev–Trinajstić information content (AvgIpc) is 3.40. The van der Waals surface area contributed by atoms with Crippen LogP contribution in [-0.4, -0.2) is 15.3 Å². The molecular weight excluding hydrogens is 428 g/mol. The Kier molecular flexibility index (Phi) is 5.92. The van der Waals surface area contributed by atoms with Crippen LogP contribution >= 0.6 is 22.7 Å². The Hall–Kier alpha value is -3.36. The third kappa shape index (κ3) is 4.55. The van der Waals surface area contributed by atoms with Crippen molar-refractivity contribution in [3.8, 4) is 10.6 Å². The number of thiophene rings is 1. The molecular formula is C23H20N4O2S2. The van der Waals surface area contributed by atoms with Crippen LogP contribution in [0.3, 0.4) is 0 Å². The highest BCUT2D eigenvalue weighted by molar-refractivity contribution is 7.14. The number of thiazole rings is 1. The van der Waals surface area contributed by atoms with Gasteiger partial charge in [0.05, 0.1) is 26.9 Å². The SMILES string of the molecule is CC(=Nn1c(-c2cccs2)csc1=Nc1ccc(C)cc1)c1ccc(C)c([N+](=O)[O-])c1. The van der Waals surface area contributed by atoms with Gasteiger partial charge in [0.1, 0.15) is 0 Å². The van der Waals surface area contributed by atoms with Crippen molar-refractivity contribution in [1.29, 1.82) is 0 Å². The van der Waals surface area contributed by atoms with E-state index >= 15 is 0 Å². The van der Waals surface area contributed by atoms with Crippen LogP contribution in [0.5, 0.6) is 0 Å². The molecule has 8 heteroatoms. The van der Waals surface area contributed by atoms with E-state index < -0.39 is 0 Å². The Morgan fingerprint density at radius 1 is 1.06 bits per heavy atom. The highest BCUT2D eigenvalue weighted by atomic mass is 32.1.